The van der Waals surface area contributed by atoms with Crippen molar-refractivity contribution in [2.45, 2.75) is 38.6 Å². The first kappa shape index (κ1) is 15.8. The van der Waals surface area contributed by atoms with Gasteiger partial charge in [0.1, 0.15) is 6.04 Å². The molecule has 1 saturated carbocycles. The molecule has 3 atom stereocenters. The van der Waals surface area contributed by atoms with E-state index in [-0.39, 0.29) is 23.7 Å². The molecule has 4 nitrogen and oxygen atoms in total. The second kappa shape index (κ2) is 6.48. The fraction of sp³-hybridized carbons (Fsp3) is 0.500. The predicted molar refractivity (Wildman–Crippen MR) is 81.3 cm³/mol. The molecule has 0 bridgehead atoms. The topological polar surface area (TPSA) is 66.4 Å². The minimum absolute atomic E-state index is 0.141. The summed E-state index contributed by atoms with van der Waals surface area (Å²) in [5.74, 6) is -0.922. The number of hydrogen-bond acceptors (Lipinski definition) is 2. The maximum Gasteiger partial charge on any atom is 0.326 e. The molecule has 2 unspecified atom stereocenters. The summed E-state index contributed by atoms with van der Waals surface area (Å²) in [6, 6.07) is 6.67. The number of amides is 1. The predicted octanol–water partition coefficient (Wildman–Crippen LogP) is 3.06. The van der Waals surface area contributed by atoms with Crippen molar-refractivity contribution in [2.75, 3.05) is 0 Å². The van der Waals surface area contributed by atoms with E-state index in [0.717, 1.165) is 12.0 Å². The molecule has 1 aliphatic rings. The number of carboxylic acid groups (broad SMARTS) is 1. The Kier molecular flexibility index (Phi) is 4.88. The molecular weight excluding hydrogens is 290 g/mol. The van der Waals surface area contributed by atoms with E-state index in [1.54, 1.807) is 6.07 Å². The normalized spacial score (nSPS) is 21.9. The van der Waals surface area contributed by atoms with Gasteiger partial charge in [0.05, 0.1) is 0 Å². The van der Waals surface area contributed by atoms with Crippen molar-refractivity contribution in [1.29, 1.82) is 0 Å². The van der Waals surface area contributed by atoms with Crippen LogP contribution < -0.4 is 5.32 Å². The lowest BCUT2D eigenvalue weighted by Gasteiger charge is -2.16. The lowest BCUT2D eigenvalue weighted by Crippen LogP contribution is -2.42. The monoisotopic (exact) mass is 309 g/mol. The van der Waals surface area contributed by atoms with Gasteiger partial charge in [-0.15, -0.1) is 0 Å². The van der Waals surface area contributed by atoms with E-state index in [1.807, 2.05) is 32.0 Å². The smallest absolute Gasteiger partial charge is 0.326 e. The highest BCUT2D eigenvalue weighted by Gasteiger charge is 2.44. The zero-order valence-electron chi connectivity index (χ0n) is 12.2. The Morgan fingerprint density at radius 2 is 2.14 bits per heavy atom. The minimum atomic E-state index is -0.975. The van der Waals surface area contributed by atoms with Crippen LogP contribution in [0.4, 0.5) is 0 Å². The van der Waals surface area contributed by atoms with E-state index >= 15 is 0 Å². The van der Waals surface area contributed by atoms with E-state index in [1.165, 1.54) is 0 Å². The van der Waals surface area contributed by atoms with Gasteiger partial charge in [0, 0.05) is 10.9 Å². The van der Waals surface area contributed by atoms with Crippen molar-refractivity contribution in [3.8, 4) is 0 Å². The highest BCUT2D eigenvalue weighted by Crippen LogP contribution is 2.48. The molecule has 0 saturated heterocycles. The summed E-state index contributed by atoms with van der Waals surface area (Å²) >= 11 is 5.95. The summed E-state index contributed by atoms with van der Waals surface area (Å²) in [5, 5.41) is 12.5. The third-order valence-corrected chi connectivity index (χ3v) is 3.96. The molecular formula is C16H20ClNO3. The molecule has 0 aliphatic heterocycles. The molecule has 1 aliphatic carbocycles. The van der Waals surface area contributed by atoms with Crippen LogP contribution >= 0.6 is 11.6 Å². The van der Waals surface area contributed by atoms with Gasteiger partial charge in [-0.25, -0.2) is 4.79 Å². The van der Waals surface area contributed by atoms with E-state index < -0.39 is 12.0 Å². The standard InChI is InChI=1S/C16H20ClNO3/c1-9(2)6-14(16(20)21)18-15(19)13-8-12(13)10-4-3-5-11(17)7-10/h3-5,7,9,12-14H,6,8H2,1-2H3,(H,18,19)(H,20,21)/t12?,13?,14-/m0/s1. The maximum absolute atomic E-state index is 12.2. The number of nitrogens with one attached hydrogen (secondary N) is 1. The van der Waals surface area contributed by atoms with E-state index in [9.17, 15) is 9.59 Å². The molecule has 0 spiro atoms. The zero-order valence-corrected chi connectivity index (χ0v) is 12.9. The van der Waals surface area contributed by atoms with Crippen molar-refractivity contribution in [3.63, 3.8) is 0 Å². The SMILES string of the molecule is CC(C)C[C@H](NC(=O)C1CC1c1cccc(Cl)c1)C(=O)O. The molecule has 114 valence electrons. The van der Waals surface area contributed by atoms with Crippen LogP contribution in [-0.2, 0) is 9.59 Å². The molecule has 1 aromatic rings. The first-order chi connectivity index (χ1) is 9.88. The van der Waals surface area contributed by atoms with Gasteiger partial charge in [0.15, 0.2) is 0 Å². The summed E-state index contributed by atoms with van der Waals surface area (Å²) in [4.78, 5) is 23.3. The number of carbonyl (C=O) groups excluding carboxylic acids is 1. The third-order valence-electron chi connectivity index (χ3n) is 3.73. The number of halogens is 1. The second-order valence-corrected chi connectivity index (χ2v) is 6.47. The van der Waals surface area contributed by atoms with Crippen molar-refractivity contribution < 1.29 is 14.7 Å². The van der Waals surface area contributed by atoms with Crippen LogP contribution in [0.15, 0.2) is 24.3 Å². The van der Waals surface area contributed by atoms with Crippen molar-refractivity contribution in [3.05, 3.63) is 34.9 Å². The van der Waals surface area contributed by atoms with Gasteiger partial charge in [-0.2, -0.15) is 0 Å². The molecule has 5 heteroatoms. The Labute approximate surface area is 129 Å². The van der Waals surface area contributed by atoms with Crippen LogP contribution in [0.2, 0.25) is 5.02 Å². The van der Waals surface area contributed by atoms with Crippen LogP contribution in [0.5, 0.6) is 0 Å². The highest BCUT2D eigenvalue weighted by molar-refractivity contribution is 6.30. The molecule has 1 aromatic carbocycles. The molecule has 1 fully saturated rings. The Morgan fingerprint density at radius 1 is 1.43 bits per heavy atom. The summed E-state index contributed by atoms with van der Waals surface area (Å²) in [6.07, 6.45) is 1.19. The van der Waals surface area contributed by atoms with E-state index in [2.05, 4.69) is 5.32 Å². The fourth-order valence-electron chi connectivity index (χ4n) is 2.56. The fourth-order valence-corrected chi connectivity index (χ4v) is 2.76. The lowest BCUT2D eigenvalue weighted by atomic mass is 10.0. The number of benzene rings is 1. The van der Waals surface area contributed by atoms with Crippen LogP contribution in [-0.4, -0.2) is 23.0 Å². The molecule has 0 aromatic heterocycles. The molecule has 1 amide bonds. The van der Waals surface area contributed by atoms with Gasteiger partial charge in [0.2, 0.25) is 5.91 Å². The van der Waals surface area contributed by atoms with E-state index in [0.29, 0.717) is 11.4 Å². The summed E-state index contributed by atoms with van der Waals surface area (Å²) in [6.45, 7) is 3.88. The third kappa shape index (κ3) is 4.21. The first-order valence-corrected chi connectivity index (χ1v) is 7.55. The number of carbonyl (C=O) groups is 2. The Hall–Kier alpha value is -1.55. The average molecular weight is 310 g/mol. The summed E-state index contributed by atoms with van der Waals surface area (Å²) in [5.41, 5.74) is 1.04. The number of carboxylic acids is 1. The molecule has 21 heavy (non-hydrogen) atoms. The van der Waals surface area contributed by atoms with Gasteiger partial charge >= 0.3 is 5.97 Å². The van der Waals surface area contributed by atoms with Crippen molar-refractivity contribution in [1.82, 2.24) is 5.32 Å². The van der Waals surface area contributed by atoms with Gasteiger partial charge in [-0.05, 0) is 42.4 Å². The number of aliphatic carboxylic acids is 1. The van der Waals surface area contributed by atoms with Gasteiger partial charge < -0.3 is 10.4 Å². The van der Waals surface area contributed by atoms with Gasteiger partial charge in [-0.3, -0.25) is 4.79 Å². The quantitative estimate of drug-likeness (QED) is 0.848. The molecule has 2 rings (SSSR count). The van der Waals surface area contributed by atoms with Gasteiger partial charge in [0.25, 0.3) is 0 Å². The van der Waals surface area contributed by atoms with Crippen LogP contribution in [0.25, 0.3) is 0 Å². The minimum Gasteiger partial charge on any atom is -0.480 e. The Bertz CT molecular complexity index is 544. The van der Waals surface area contributed by atoms with Crippen LogP contribution in [0, 0.1) is 11.8 Å². The maximum atomic E-state index is 12.2. The molecule has 0 radical (unpaired) electrons. The highest BCUT2D eigenvalue weighted by atomic mass is 35.5. The van der Waals surface area contributed by atoms with Crippen molar-refractivity contribution >= 4 is 23.5 Å². The van der Waals surface area contributed by atoms with Crippen LogP contribution in [0.3, 0.4) is 0 Å². The van der Waals surface area contributed by atoms with Crippen molar-refractivity contribution in [2.24, 2.45) is 11.8 Å². The molecule has 0 heterocycles. The first-order valence-electron chi connectivity index (χ1n) is 7.17. The average Bonchev–Trinajstić information content (AvgIpc) is 3.17. The van der Waals surface area contributed by atoms with Gasteiger partial charge in [-0.1, -0.05) is 37.6 Å². The lowest BCUT2D eigenvalue weighted by molar-refractivity contribution is -0.142. The Balaban J connectivity index is 1.94. The zero-order chi connectivity index (χ0) is 15.6. The van der Waals surface area contributed by atoms with E-state index in [4.69, 9.17) is 16.7 Å². The number of rotatable bonds is 6. The summed E-state index contributed by atoms with van der Waals surface area (Å²) in [7, 11) is 0. The summed E-state index contributed by atoms with van der Waals surface area (Å²) < 4.78 is 0. The number of hydrogen-bond donors (Lipinski definition) is 2. The van der Waals surface area contributed by atoms with Crippen LogP contribution in [0.1, 0.15) is 38.2 Å². The second-order valence-electron chi connectivity index (χ2n) is 6.03. The largest absolute Gasteiger partial charge is 0.480 e. The Morgan fingerprint density at radius 3 is 2.71 bits per heavy atom. The molecule has 2 N–H and O–H groups in total.